The Morgan fingerprint density at radius 2 is 1.95 bits per heavy atom. The second-order valence-electron chi connectivity index (χ2n) is 5.92. The van der Waals surface area contributed by atoms with E-state index >= 15 is 0 Å². The normalized spacial score (nSPS) is 23.7. The SMILES string of the molecule is C[C@H]1C[C@@H](C(=O)NC(C)(C(N)=O)c2ccccc2)CCN1.Cl. The molecule has 1 aromatic rings. The van der Waals surface area contributed by atoms with Crippen molar-refractivity contribution in [2.75, 3.05) is 6.54 Å². The molecule has 1 aliphatic heterocycles. The Morgan fingerprint density at radius 1 is 1.32 bits per heavy atom. The van der Waals surface area contributed by atoms with Crippen LogP contribution in [0.5, 0.6) is 0 Å². The summed E-state index contributed by atoms with van der Waals surface area (Å²) in [7, 11) is 0. The summed E-state index contributed by atoms with van der Waals surface area (Å²) in [5.41, 5.74) is 5.07. The van der Waals surface area contributed by atoms with Crippen molar-refractivity contribution in [3.63, 3.8) is 0 Å². The van der Waals surface area contributed by atoms with Crippen LogP contribution in [0.15, 0.2) is 30.3 Å². The molecule has 0 aromatic heterocycles. The first kappa shape index (κ1) is 18.5. The van der Waals surface area contributed by atoms with Crippen molar-refractivity contribution in [1.29, 1.82) is 0 Å². The number of carbonyl (C=O) groups excluding carboxylic acids is 2. The van der Waals surface area contributed by atoms with Crippen molar-refractivity contribution in [2.45, 2.75) is 38.3 Å². The molecule has 0 bridgehead atoms. The molecule has 1 saturated heterocycles. The average Bonchev–Trinajstić information content (AvgIpc) is 2.47. The average molecular weight is 326 g/mol. The summed E-state index contributed by atoms with van der Waals surface area (Å²) in [6.45, 7) is 4.54. The van der Waals surface area contributed by atoms with Crippen LogP contribution in [-0.2, 0) is 15.1 Å². The lowest BCUT2D eigenvalue weighted by atomic mass is 9.87. The second kappa shape index (κ2) is 7.61. The molecule has 6 heteroatoms. The molecule has 0 aliphatic carbocycles. The van der Waals surface area contributed by atoms with Crippen molar-refractivity contribution in [3.8, 4) is 0 Å². The summed E-state index contributed by atoms with van der Waals surface area (Å²) in [6.07, 6.45) is 1.55. The van der Waals surface area contributed by atoms with Gasteiger partial charge >= 0.3 is 0 Å². The molecule has 0 radical (unpaired) electrons. The van der Waals surface area contributed by atoms with Crippen LogP contribution in [-0.4, -0.2) is 24.4 Å². The van der Waals surface area contributed by atoms with Gasteiger partial charge in [0.2, 0.25) is 11.8 Å². The van der Waals surface area contributed by atoms with Crippen LogP contribution in [0.3, 0.4) is 0 Å². The molecule has 122 valence electrons. The van der Waals surface area contributed by atoms with E-state index in [9.17, 15) is 9.59 Å². The van der Waals surface area contributed by atoms with Gasteiger partial charge in [0, 0.05) is 12.0 Å². The summed E-state index contributed by atoms with van der Waals surface area (Å²) in [6, 6.07) is 9.43. The van der Waals surface area contributed by atoms with Crippen LogP contribution >= 0.6 is 12.4 Å². The van der Waals surface area contributed by atoms with Gasteiger partial charge < -0.3 is 16.4 Å². The summed E-state index contributed by atoms with van der Waals surface area (Å²) in [5, 5.41) is 6.17. The minimum atomic E-state index is -1.17. The molecule has 22 heavy (non-hydrogen) atoms. The lowest BCUT2D eigenvalue weighted by Gasteiger charge is -2.33. The van der Waals surface area contributed by atoms with Crippen molar-refractivity contribution in [3.05, 3.63) is 35.9 Å². The van der Waals surface area contributed by atoms with Crippen LogP contribution < -0.4 is 16.4 Å². The largest absolute Gasteiger partial charge is 0.367 e. The number of nitrogens with two attached hydrogens (primary N) is 1. The van der Waals surface area contributed by atoms with Crippen molar-refractivity contribution >= 4 is 24.2 Å². The van der Waals surface area contributed by atoms with Crippen LogP contribution in [0.1, 0.15) is 32.3 Å². The zero-order chi connectivity index (χ0) is 15.5. The van der Waals surface area contributed by atoms with Gasteiger partial charge in [0.15, 0.2) is 0 Å². The van der Waals surface area contributed by atoms with Gasteiger partial charge in [-0.3, -0.25) is 9.59 Å². The number of hydrogen-bond acceptors (Lipinski definition) is 3. The minimum Gasteiger partial charge on any atom is -0.367 e. The van der Waals surface area contributed by atoms with E-state index in [1.807, 2.05) is 18.2 Å². The molecule has 2 amide bonds. The Bertz CT molecular complexity index is 523. The maximum atomic E-state index is 12.5. The third-order valence-electron chi connectivity index (χ3n) is 4.21. The fourth-order valence-electron chi connectivity index (χ4n) is 2.77. The van der Waals surface area contributed by atoms with E-state index in [1.54, 1.807) is 19.1 Å². The van der Waals surface area contributed by atoms with Gasteiger partial charge in [0.25, 0.3) is 0 Å². The molecule has 1 heterocycles. The highest BCUT2D eigenvalue weighted by molar-refractivity contribution is 5.91. The maximum absolute atomic E-state index is 12.5. The van der Waals surface area contributed by atoms with Crippen molar-refractivity contribution in [1.82, 2.24) is 10.6 Å². The fraction of sp³-hybridized carbons (Fsp3) is 0.500. The Balaban J connectivity index is 0.00000242. The minimum absolute atomic E-state index is 0. The second-order valence-corrected chi connectivity index (χ2v) is 5.92. The smallest absolute Gasteiger partial charge is 0.247 e. The molecule has 1 unspecified atom stereocenters. The lowest BCUT2D eigenvalue weighted by Crippen LogP contribution is -2.55. The number of benzene rings is 1. The van der Waals surface area contributed by atoms with Crippen LogP contribution in [0.4, 0.5) is 0 Å². The van der Waals surface area contributed by atoms with Crippen LogP contribution in [0.25, 0.3) is 0 Å². The van der Waals surface area contributed by atoms with Gasteiger partial charge in [-0.05, 0) is 38.8 Å². The number of halogens is 1. The van der Waals surface area contributed by atoms with Crippen LogP contribution in [0.2, 0.25) is 0 Å². The highest BCUT2D eigenvalue weighted by atomic mass is 35.5. The predicted octanol–water partition coefficient (Wildman–Crippen LogP) is 1.31. The fourth-order valence-corrected chi connectivity index (χ4v) is 2.77. The maximum Gasteiger partial charge on any atom is 0.247 e. The molecular formula is C16H24ClN3O2. The third-order valence-corrected chi connectivity index (χ3v) is 4.21. The zero-order valence-corrected chi connectivity index (χ0v) is 13.8. The van der Waals surface area contributed by atoms with E-state index < -0.39 is 11.4 Å². The van der Waals surface area contributed by atoms with Crippen LogP contribution in [0, 0.1) is 5.92 Å². The van der Waals surface area contributed by atoms with E-state index in [1.165, 1.54) is 0 Å². The first-order chi connectivity index (χ1) is 9.93. The van der Waals surface area contributed by atoms with E-state index in [-0.39, 0.29) is 24.2 Å². The van der Waals surface area contributed by atoms with Crippen molar-refractivity contribution < 1.29 is 9.59 Å². The van der Waals surface area contributed by atoms with E-state index in [0.717, 1.165) is 19.4 Å². The summed E-state index contributed by atoms with van der Waals surface area (Å²) in [4.78, 5) is 24.4. The predicted molar refractivity (Wildman–Crippen MR) is 88.6 cm³/mol. The summed E-state index contributed by atoms with van der Waals surface area (Å²) < 4.78 is 0. The molecule has 0 spiro atoms. The standard InChI is InChI=1S/C16H23N3O2.ClH/c1-11-10-12(8-9-18-11)14(20)19-16(2,15(17)21)13-6-4-3-5-7-13;/h3-7,11-12,18H,8-10H2,1-2H3,(H2,17,21)(H,19,20);1H/t11-,12-,16?;/m0./s1. The number of nitrogens with one attached hydrogen (secondary N) is 2. The molecule has 0 saturated carbocycles. The van der Waals surface area contributed by atoms with Gasteiger partial charge in [0.05, 0.1) is 0 Å². The Kier molecular flexibility index (Phi) is 6.38. The summed E-state index contributed by atoms with van der Waals surface area (Å²) >= 11 is 0. The van der Waals surface area contributed by atoms with Gasteiger partial charge in [-0.1, -0.05) is 30.3 Å². The summed E-state index contributed by atoms with van der Waals surface area (Å²) in [5.74, 6) is -0.735. The monoisotopic (exact) mass is 325 g/mol. The molecule has 3 atom stereocenters. The van der Waals surface area contributed by atoms with E-state index in [4.69, 9.17) is 5.73 Å². The molecule has 5 nitrogen and oxygen atoms in total. The highest BCUT2D eigenvalue weighted by Crippen LogP contribution is 2.23. The van der Waals surface area contributed by atoms with E-state index in [0.29, 0.717) is 11.6 Å². The third kappa shape index (κ3) is 3.99. The Labute approximate surface area is 137 Å². The van der Waals surface area contributed by atoms with Gasteiger partial charge in [-0.25, -0.2) is 0 Å². The van der Waals surface area contributed by atoms with Gasteiger partial charge in [0.1, 0.15) is 5.54 Å². The lowest BCUT2D eigenvalue weighted by molar-refractivity contribution is -0.134. The highest BCUT2D eigenvalue weighted by Gasteiger charge is 2.37. The number of piperidine rings is 1. The first-order valence-corrected chi connectivity index (χ1v) is 7.34. The van der Waals surface area contributed by atoms with Gasteiger partial charge in [-0.2, -0.15) is 0 Å². The molecule has 1 aromatic carbocycles. The molecule has 2 rings (SSSR count). The Hall–Kier alpha value is -1.59. The number of rotatable bonds is 4. The quantitative estimate of drug-likeness (QED) is 0.780. The first-order valence-electron chi connectivity index (χ1n) is 7.34. The number of carbonyl (C=O) groups is 2. The van der Waals surface area contributed by atoms with E-state index in [2.05, 4.69) is 17.6 Å². The molecule has 1 fully saturated rings. The Morgan fingerprint density at radius 3 is 2.50 bits per heavy atom. The van der Waals surface area contributed by atoms with Crippen molar-refractivity contribution in [2.24, 2.45) is 11.7 Å². The number of primary amides is 1. The number of amides is 2. The zero-order valence-electron chi connectivity index (χ0n) is 13.0. The molecule has 4 N–H and O–H groups in total. The molecule has 1 aliphatic rings. The molecular weight excluding hydrogens is 302 g/mol. The topological polar surface area (TPSA) is 84.2 Å². The number of hydrogen-bond donors (Lipinski definition) is 3. The van der Waals surface area contributed by atoms with Gasteiger partial charge in [-0.15, -0.1) is 12.4 Å².